The quantitative estimate of drug-likeness (QED) is 0.0839. The van der Waals surface area contributed by atoms with E-state index < -0.39 is 18.2 Å². The van der Waals surface area contributed by atoms with Gasteiger partial charge in [-0.1, -0.05) is 24.3 Å². The Kier molecular flexibility index (Phi) is 11.5. The Balaban J connectivity index is 0.939. The van der Waals surface area contributed by atoms with Gasteiger partial charge in [-0.05, 0) is 98.5 Å². The van der Waals surface area contributed by atoms with Crippen LogP contribution in [0, 0.1) is 6.92 Å². The number of rotatable bonds is 14. The lowest BCUT2D eigenvalue weighted by atomic mass is 9.99. The number of urea groups is 1. The van der Waals surface area contributed by atoms with E-state index in [0.717, 1.165) is 63.0 Å². The van der Waals surface area contributed by atoms with Crippen molar-refractivity contribution < 1.29 is 19.1 Å². The fourth-order valence-electron chi connectivity index (χ4n) is 6.62. The summed E-state index contributed by atoms with van der Waals surface area (Å²) in [6.07, 6.45) is 4.89. The van der Waals surface area contributed by atoms with Gasteiger partial charge in [0.1, 0.15) is 18.8 Å². The highest BCUT2D eigenvalue weighted by atomic mass is 16.6. The number of pyridine rings is 2. The topological polar surface area (TPSA) is 210 Å². The number of anilines is 2. The monoisotopic (exact) mass is 756 g/mol. The van der Waals surface area contributed by atoms with Crippen LogP contribution in [0.15, 0.2) is 85.3 Å². The molecule has 16 nitrogen and oxygen atoms in total. The molecular formula is C40H44N12O4. The zero-order chi connectivity index (χ0) is 39.0. The van der Waals surface area contributed by atoms with E-state index >= 15 is 0 Å². The number of nitrogens with zero attached hydrogens (tertiary/aromatic N) is 6. The zero-order valence-corrected chi connectivity index (χ0v) is 31.2. The molecule has 2 aromatic carbocycles. The van der Waals surface area contributed by atoms with Crippen molar-refractivity contribution in [2.24, 2.45) is 5.73 Å². The third-order valence-electron chi connectivity index (χ3n) is 9.60. The van der Waals surface area contributed by atoms with Crippen LogP contribution >= 0.6 is 0 Å². The Morgan fingerprint density at radius 2 is 1.84 bits per heavy atom. The molecule has 288 valence electrons. The maximum atomic E-state index is 13.2. The van der Waals surface area contributed by atoms with Crippen molar-refractivity contribution in [3.8, 4) is 22.6 Å². The molecule has 7 rings (SSSR count). The average Bonchev–Trinajstić information content (AvgIpc) is 3.86. The molecule has 6 aromatic rings. The first-order valence-electron chi connectivity index (χ1n) is 18.4. The number of aromatic nitrogens is 6. The van der Waals surface area contributed by atoms with Crippen molar-refractivity contribution in [1.82, 2.24) is 45.1 Å². The van der Waals surface area contributed by atoms with Crippen molar-refractivity contribution >= 4 is 35.1 Å². The van der Waals surface area contributed by atoms with Crippen LogP contribution in [0.3, 0.4) is 0 Å². The zero-order valence-electron chi connectivity index (χ0n) is 31.2. The first kappa shape index (κ1) is 37.5. The number of nitrogens with one attached hydrogen (secondary N) is 5. The molecule has 0 unspecified atom stereocenters. The van der Waals surface area contributed by atoms with E-state index in [-0.39, 0.29) is 12.5 Å². The number of aryl methyl sites for hydroxylation is 1. The Morgan fingerprint density at radius 3 is 2.64 bits per heavy atom. The highest BCUT2D eigenvalue weighted by Gasteiger charge is 2.23. The summed E-state index contributed by atoms with van der Waals surface area (Å²) in [4.78, 5) is 55.9. The Morgan fingerprint density at radius 1 is 1.00 bits per heavy atom. The SMILES string of the molecule is CN[C@@H](CCCNC(N)=O)C(=O)Nc1ccc(COC(=O)N2CCc3ccc(NCc4nc(-c5ccc6ncnn6c5)c(-c5cccc(C)n5)[nH]4)cc3C2)cc1. The Hall–Kier alpha value is -6.81. The van der Waals surface area contributed by atoms with Crippen LogP contribution in [0.4, 0.5) is 21.0 Å². The summed E-state index contributed by atoms with van der Waals surface area (Å²) >= 11 is 0. The van der Waals surface area contributed by atoms with Crippen LogP contribution in [-0.4, -0.2) is 78.7 Å². The number of hydrogen-bond acceptors (Lipinski definition) is 10. The molecule has 1 aliphatic heterocycles. The number of primary amides is 1. The molecular weight excluding hydrogens is 713 g/mol. The van der Waals surface area contributed by atoms with Crippen LogP contribution < -0.4 is 27.0 Å². The lowest BCUT2D eigenvalue weighted by Crippen LogP contribution is -2.39. The maximum absolute atomic E-state index is 13.2. The molecule has 0 aliphatic carbocycles. The van der Waals surface area contributed by atoms with Gasteiger partial charge in [-0.2, -0.15) is 5.10 Å². The number of H-pyrrole nitrogens is 1. The third kappa shape index (κ3) is 9.10. The lowest BCUT2D eigenvalue weighted by molar-refractivity contribution is -0.118. The number of imidazole rings is 1. The number of amides is 4. The Bertz CT molecular complexity index is 2340. The number of carbonyl (C=O) groups is 3. The summed E-state index contributed by atoms with van der Waals surface area (Å²) in [5.41, 5.74) is 14.6. The maximum Gasteiger partial charge on any atom is 0.410 e. The van der Waals surface area contributed by atoms with E-state index in [1.54, 1.807) is 28.6 Å². The molecule has 4 amide bonds. The van der Waals surface area contributed by atoms with Gasteiger partial charge in [0, 0.05) is 48.5 Å². The summed E-state index contributed by atoms with van der Waals surface area (Å²) < 4.78 is 7.41. The number of hydrogen-bond donors (Lipinski definition) is 6. The molecule has 0 fully saturated rings. The summed E-state index contributed by atoms with van der Waals surface area (Å²) in [6.45, 7) is 3.87. The summed E-state index contributed by atoms with van der Waals surface area (Å²) in [7, 11) is 1.71. The van der Waals surface area contributed by atoms with Gasteiger partial charge in [0.2, 0.25) is 5.91 Å². The molecule has 7 N–H and O–H groups in total. The molecule has 0 radical (unpaired) electrons. The fraction of sp³-hybridized carbons (Fsp3) is 0.275. The second kappa shape index (κ2) is 17.1. The predicted molar refractivity (Wildman–Crippen MR) is 211 cm³/mol. The molecule has 0 saturated carbocycles. The van der Waals surface area contributed by atoms with Crippen LogP contribution in [0.1, 0.15) is 41.1 Å². The molecule has 16 heteroatoms. The van der Waals surface area contributed by atoms with Gasteiger partial charge in [-0.3, -0.25) is 9.78 Å². The number of carbonyl (C=O) groups excluding carboxylic acids is 3. The summed E-state index contributed by atoms with van der Waals surface area (Å²) in [5.74, 6) is 0.552. The number of nitrogens with two attached hydrogens (primary N) is 1. The van der Waals surface area contributed by atoms with E-state index in [0.29, 0.717) is 44.7 Å². The normalized spacial score (nSPS) is 12.9. The minimum atomic E-state index is -0.590. The minimum Gasteiger partial charge on any atom is -0.445 e. The largest absolute Gasteiger partial charge is 0.445 e. The standard InChI is InChI=1S/C40H44N12O4/c1-25-5-3-6-32(47-25)37-36(28-11-15-35-45-24-46-52(35)22-28)49-34(50-37)20-44-31-14-10-27-16-18-51(21-29(27)19-31)40(55)56-23-26-8-12-30(13-9-26)48-38(53)33(42-2)7-4-17-43-39(41)54/h3,5-6,8-15,19,22,24,33,42,44H,4,7,16-18,20-21,23H2,1-2H3,(H,48,53)(H,49,50)(H3,41,43,54)/t33-/m0/s1. The minimum absolute atomic E-state index is 0.0991. The number of aromatic amines is 1. The van der Waals surface area contributed by atoms with Crippen molar-refractivity contribution in [3.63, 3.8) is 0 Å². The second-order valence-electron chi connectivity index (χ2n) is 13.6. The van der Waals surface area contributed by atoms with Gasteiger partial charge in [0.25, 0.3) is 0 Å². The van der Waals surface area contributed by atoms with E-state index in [1.165, 1.54) is 11.9 Å². The van der Waals surface area contributed by atoms with Crippen molar-refractivity contribution in [2.45, 2.75) is 51.9 Å². The predicted octanol–water partition coefficient (Wildman–Crippen LogP) is 4.77. The van der Waals surface area contributed by atoms with Gasteiger partial charge in [0.15, 0.2) is 5.65 Å². The number of likely N-dealkylation sites (N-methyl/N-ethyl adjacent to an activating group) is 1. The van der Waals surface area contributed by atoms with Gasteiger partial charge < -0.3 is 41.6 Å². The van der Waals surface area contributed by atoms with Gasteiger partial charge >= 0.3 is 12.1 Å². The van der Waals surface area contributed by atoms with Crippen LogP contribution in [0.5, 0.6) is 0 Å². The highest BCUT2D eigenvalue weighted by molar-refractivity contribution is 5.94. The van der Waals surface area contributed by atoms with Crippen LogP contribution in [-0.2, 0) is 35.6 Å². The number of benzene rings is 2. The highest BCUT2D eigenvalue weighted by Crippen LogP contribution is 2.30. The van der Waals surface area contributed by atoms with E-state index in [2.05, 4.69) is 48.5 Å². The second-order valence-corrected chi connectivity index (χ2v) is 13.6. The average molecular weight is 757 g/mol. The van der Waals surface area contributed by atoms with Crippen LogP contribution in [0.25, 0.3) is 28.3 Å². The molecule has 5 heterocycles. The van der Waals surface area contributed by atoms with E-state index in [9.17, 15) is 14.4 Å². The van der Waals surface area contributed by atoms with Crippen molar-refractivity contribution in [2.75, 3.05) is 30.8 Å². The van der Waals surface area contributed by atoms with E-state index in [4.69, 9.17) is 20.4 Å². The smallest absolute Gasteiger partial charge is 0.410 e. The van der Waals surface area contributed by atoms with Gasteiger partial charge in [0.05, 0.1) is 29.7 Å². The van der Waals surface area contributed by atoms with Gasteiger partial charge in [-0.15, -0.1) is 0 Å². The van der Waals surface area contributed by atoms with E-state index in [1.807, 2.05) is 61.7 Å². The van der Waals surface area contributed by atoms with Gasteiger partial charge in [-0.25, -0.2) is 24.1 Å². The number of fused-ring (bicyclic) bond motifs is 2. The van der Waals surface area contributed by atoms with Crippen molar-refractivity contribution in [3.05, 3.63) is 114 Å². The summed E-state index contributed by atoms with van der Waals surface area (Å²) in [5, 5.41) is 16.2. The summed E-state index contributed by atoms with van der Waals surface area (Å²) in [6, 6.07) is 22.2. The molecule has 0 bridgehead atoms. The van der Waals surface area contributed by atoms with Crippen LogP contribution in [0.2, 0.25) is 0 Å². The number of ether oxygens (including phenoxy) is 1. The lowest BCUT2D eigenvalue weighted by Gasteiger charge is -2.28. The first-order chi connectivity index (χ1) is 27.2. The fourth-order valence-corrected chi connectivity index (χ4v) is 6.62. The molecule has 4 aromatic heterocycles. The molecule has 1 atom stereocenters. The third-order valence-corrected chi connectivity index (χ3v) is 9.60. The molecule has 1 aliphatic rings. The van der Waals surface area contributed by atoms with Crippen molar-refractivity contribution in [1.29, 1.82) is 0 Å². The molecule has 56 heavy (non-hydrogen) atoms. The molecule has 0 saturated heterocycles. The molecule has 0 spiro atoms. The Labute approximate surface area is 323 Å². The first-order valence-corrected chi connectivity index (χ1v) is 18.4.